The van der Waals surface area contributed by atoms with Crippen LogP contribution in [0.15, 0.2) is 29.3 Å². The number of likely N-dealkylation sites (tertiary alicyclic amines) is 1. The van der Waals surface area contributed by atoms with E-state index in [9.17, 15) is 4.79 Å². The number of aliphatic imine (C=N–C) groups is 1. The second kappa shape index (κ2) is 10.9. The molecule has 2 rings (SSSR count). The van der Waals surface area contributed by atoms with Gasteiger partial charge in [0.1, 0.15) is 0 Å². The van der Waals surface area contributed by atoms with Crippen molar-refractivity contribution in [3.8, 4) is 0 Å². The topological polar surface area (TPSA) is 68.8 Å². The van der Waals surface area contributed by atoms with Crippen molar-refractivity contribution in [3.63, 3.8) is 0 Å². The summed E-state index contributed by atoms with van der Waals surface area (Å²) in [4.78, 5) is 18.7. The number of carbonyl (C=O) groups is 1. The van der Waals surface area contributed by atoms with E-state index < -0.39 is 0 Å². The number of hydrogen-bond donors (Lipinski definition) is 3. The van der Waals surface area contributed by atoms with Crippen LogP contribution in [0.25, 0.3) is 0 Å². The van der Waals surface area contributed by atoms with Gasteiger partial charge in [-0.3, -0.25) is 9.79 Å². The summed E-state index contributed by atoms with van der Waals surface area (Å²) < 4.78 is 0. The number of amides is 1. The van der Waals surface area contributed by atoms with Crippen LogP contribution in [0.5, 0.6) is 0 Å². The first-order valence-corrected chi connectivity index (χ1v) is 9.27. The lowest BCUT2D eigenvalue weighted by molar-refractivity contribution is 0.0954. The Balaban J connectivity index is 1.58. The number of nitrogens with one attached hydrogen (secondary N) is 3. The zero-order chi connectivity index (χ0) is 17.9. The predicted molar refractivity (Wildman–Crippen MR) is 103 cm³/mol. The Morgan fingerprint density at radius 3 is 2.36 bits per heavy atom. The van der Waals surface area contributed by atoms with Gasteiger partial charge in [-0.1, -0.05) is 18.0 Å². The summed E-state index contributed by atoms with van der Waals surface area (Å²) in [6, 6.07) is 6.85. The van der Waals surface area contributed by atoms with Crippen LogP contribution in [-0.4, -0.2) is 63.1 Å². The number of piperidine rings is 1. The summed E-state index contributed by atoms with van der Waals surface area (Å²) in [6.45, 7) is 5.44. The molecule has 0 saturated carbocycles. The molecule has 7 heteroatoms. The fraction of sp³-hybridized carbons (Fsp3) is 0.556. The zero-order valence-corrected chi connectivity index (χ0v) is 15.6. The molecule has 1 fully saturated rings. The van der Waals surface area contributed by atoms with E-state index in [2.05, 4.69) is 25.8 Å². The second-order valence-corrected chi connectivity index (χ2v) is 6.53. The Labute approximate surface area is 155 Å². The first-order chi connectivity index (χ1) is 12.2. The summed E-state index contributed by atoms with van der Waals surface area (Å²) in [5.74, 6) is 0.657. The van der Waals surface area contributed by atoms with E-state index in [4.69, 9.17) is 11.6 Å². The van der Waals surface area contributed by atoms with Crippen molar-refractivity contribution in [2.45, 2.75) is 19.3 Å². The molecule has 0 unspecified atom stereocenters. The SMILES string of the molecule is CN=C(NCCNC(=O)c1ccc(Cl)cc1)NCCN1CCCCC1. The number of hydrogen-bond acceptors (Lipinski definition) is 3. The molecule has 6 nitrogen and oxygen atoms in total. The highest BCUT2D eigenvalue weighted by Gasteiger charge is 2.09. The fourth-order valence-electron chi connectivity index (χ4n) is 2.80. The molecule has 0 aromatic heterocycles. The number of rotatable bonds is 7. The third kappa shape index (κ3) is 7.32. The van der Waals surface area contributed by atoms with Crippen LogP contribution in [0.1, 0.15) is 29.6 Å². The second-order valence-electron chi connectivity index (χ2n) is 6.09. The summed E-state index contributed by atoms with van der Waals surface area (Å²) in [6.07, 6.45) is 3.97. The molecule has 3 N–H and O–H groups in total. The predicted octanol–water partition coefficient (Wildman–Crippen LogP) is 1.72. The summed E-state index contributed by atoms with van der Waals surface area (Å²) in [7, 11) is 1.75. The van der Waals surface area contributed by atoms with Gasteiger partial charge < -0.3 is 20.9 Å². The lowest BCUT2D eigenvalue weighted by atomic mass is 10.1. The van der Waals surface area contributed by atoms with Gasteiger partial charge in [-0.2, -0.15) is 0 Å². The fourth-order valence-corrected chi connectivity index (χ4v) is 2.92. The van der Waals surface area contributed by atoms with Crippen molar-refractivity contribution >= 4 is 23.5 Å². The number of nitrogens with zero attached hydrogens (tertiary/aromatic N) is 2. The molecule has 1 aromatic rings. The zero-order valence-electron chi connectivity index (χ0n) is 14.9. The molecule has 1 aliphatic rings. The van der Waals surface area contributed by atoms with E-state index in [1.54, 1.807) is 31.3 Å². The first kappa shape index (κ1) is 19.5. The molecule has 1 heterocycles. The lowest BCUT2D eigenvalue weighted by Crippen LogP contribution is -2.44. The molecule has 25 heavy (non-hydrogen) atoms. The van der Waals surface area contributed by atoms with Crippen molar-refractivity contribution in [2.24, 2.45) is 4.99 Å². The van der Waals surface area contributed by atoms with Crippen molar-refractivity contribution in [3.05, 3.63) is 34.9 Å². The van der Waals surface area contributed by atoms with Gasteiger partial charge in [-0.25, -0.2) is 0 Å². The van der Waals surface area contributed by atoms with E-state index in [1.165, 1.54) is 32.4 Å². The van der Waals surface area contributed by atoms with Gasteiger partial charge in [0.2, 0.25) is 0 Å². The highest BCUT2D eigenvalue weighted by atomic mass is 35.5. The van der Waals surface area contributed by atoms with Gasteiger partial charge in [0, 0.05) is 43.8 Å². The maximum absolute atomic E-state index is 12.0. The smallest absolute Gasteiger partial charge is 0.251 e. The summed E-state index contributed by atoms with van der Waals surface area (Å²) in [5, 5.41) is 10.0. The number of halogens is 1. The van der Waals surface area contributed by atoms with Crippen molar-refractivity contribution in [2.75, 3.05) is 46.3 Å². The lowest BCUT2D eigenvalue weighted by Gasteiger charge is -2.26. The van der Waals surface area contributed by atoms with Crippen LogP contribution in [0.4, 0.5) is 0 Å². The van der Waals surface area contributed by atoms with Crippen LogP contribution in [-0.2, 0) is 0 Å². The minimum absolute atomic E-state index is 0.105. The van der Waals surface area contributed by atoms with Crippen molar-refractivity contribution in [1.82, 2.24) is 20.9 Å². The Hall–Kier alpha value is -1.79. The maximum Gasteiger partial charge on any atom is 0.251 e. The maximum atomic E-state index is 12.0. The van der Waals surface area contributed by atoms with Gasteiger partial charge in [-0.15, -0.1) is 0 Å². The highest BCUT2D eigenvalue weighted by Crippen LogP contribution is 2.09. The average molecular weight is 366 g/mol. The Bertz CT molecular complexity index is 555. The van der Waals surface area contributed by atoms with Crippen molar-refractivity contribution < 1.29 is 4.79 Å². The molecule has 0 bridgehead atoms. The first-order valence-electron chi connectivity index (χ1n) is 8.89. The number of guanidine groups is 1. The molecule has 0 aliphatic carbocycles. The van der Waals surface area contributed by atoms with Gasteiger partial charge >= 0.3 is 0 Å². The molecular formula is C18H28ClN5O. The largest absolute Gasteiger partial charge is 0.355 e. The number of carbonyl (C=O) groups excluding carboxylic acids is 1. The molecule has 0 radical (unpaired) electrons. The third-order valence-corrected chi connectivity index (χ3v) is 4.45. The van der Waals surface area contributed by atoms with Crippen LogP contribution < -0.4 is 16.0 Å². The minimum atomic E-state index is -0.105. The van der Waals surface area contributed by atoms with Gasteiger partial charge in [0.05, 0.1) is 0 Å². The highest BCUT2D eigenvalue weighted by molar-refractivity contribution is 6.30. The quantitative estimate of drug-likeness (QED) is 0.391. The molecule has 0 atom stereocenters. The van der Waals surface area contributed by atoms with Crippen LogP contribution in [0.2, 0.25) is 5.02 Å². The monoisotopic (exact) mass is 365 g/mol. The van der Waals surface area contributed by atoms with Gasteiger partial charge in [-0.05, 0) is 50.2 Å². The van der Waals surface area contributed by atoms with Gasteiger partial charge in [0.25, 0.3) is 5.91 Å². The Kier molecular flexibility index (Phi) is 8.55. The average Bonchev–Trinajstić information content (AvgIpc) is 2.65. The molecule has 1 saturated heterocycles. The van der Waals surface area contributed by atoms with E-state index in [-0.39, 0.29) is 5.91 Å². The number of benzene rings is 1. The van der Waals surface area contributed by atoms with Crippen molar-refractivity contribution in [1.29, 1.82) is 0 Å². The third-order valence-electron chi connectivity index (χ3n) is 4.20. The molecule has 138 valence electrons. The summed E-state index contributed by atoms with van der Waals surface area (Å²) >= 11 is 5.82. The summed E-state index contributed by atoms with van der Waals surface area (Å²) in [5.41, 5.74) is 0.605. The van der Waals surface area contributed by atoms with E-state index in [0.717, 1.165) is 19.0 Å². The van der Waals surface area contributed by atoms with E-state index >= 15 is 0 Å². The normalized spacial score (nSPS) is 15.7. The van der Waals surface area contributed by atoms with E-state index in [1.807, 2.05) is 0 Å². The minimum Gasteiger partial charge on any atom is -0.355 e. The Morgan fingerprint density at radius 2 is 1.68 bits per heavy atom. The molecule has 1 amide bonds. The standard InChI is InChI=1S/C18H28ClN5O/c1-20-18(23-11-14-24-12-3-2-4-13-24)22-10-9-21-17(25)15-5-7-16(19)8-6-15/h5-8H,2-4,9-14H2,1H3,(H,21,25)(H2,20,22,23). The van der Waals surface area contributed by atoms with Crippen LogP contribution in [0, 0.1) is 0 Å². The molecular weight excluding hydrogens is 338 g/mol. The molecule has 1 aliphatic heterocycles. The van der Waals surface area contributed by atoms with E-state index in [0.29, 0.717) is 23.7 Å². The van der Waals surface area contributed by atoms with Crippen LogP contribution in [0.3, 0.4) is 0 Å². The van der Waals surface area contributed by atoms with Crippen LogP contribution >= 0.6 is 11.6 Å². The molecule has 1 aromatic carbocycles. The molecule has 0 spiro atoms. The van der Waals surface area contributed by atoms with Gasteiger partial charge in [0.15, 0.2) is 5.96 Å². The Morgan fingerprint density at radius 1 is 1.04 bits per heavy atom.